The van der Waals surface area contributed by atoms with Crippen LogP contribution in [0.2, 0.25) is 0 Å². The highest BCUT2D eigenvalue weighted by Crippen LogP contribution is 2.16. The molecule has 0 unspecified atom stereocenters. The van der Waals surface area contributed by atoms with Gasteiger partial charge in [-0.05, 0) is 42.6 Å². The van der Waals surface area contributed by atoms with Crippen LogP contribution in [-0.2, 0) is 13.0 Å². The van der Waals surface area contributed by atoms with Crippen LogP contribution in [0.5, 0.6) is 0 Å². The fourth-order valence-electron chi connectivity index (χ4n) is 1.86. The summed E-state index contributed by atoms with van der Waals surface area (Å²) in [5.74, 6) is -0.449. The molecule has 1 amide bonds. The lowest BCUT2D eigenvalue weighted by Gasteiger charge is -2.07. The van der Waals surface area contributed by atoms with Crippen molar-refractivity contribution in [2.45, 2.75) is 19.4 Å². The third-order valence-corrected chi connectivity index (χ3v) is 2.69. The van der Waals surface area contributed by atoms with Gasteiger partial charge in [0.1, 0.15) is 0 Å². The molecule has 15 heavy (non-hydrogen) atoms. The van der Waals surface area contributed by atoms with Gasteiger partial charge in [0.2, 0.25) is 0 Å². The summed E-state index contributed by atoms with van der Waals surface area (Å²) in [5.41, 5.74) is 4.59. The standard InChI is InChI=1S/C11H14N2O2/c14-11(13-15)9-3-4-10-7-12-5-1-2-8(10)6-9/h3-4,6,12,15H,1-2,5,7H2,(H,13,14). The Morgan fingerprint density at radius 3 is 3.07 bits per heavy atom. The SMILES string of the molecule is O=C(NO)c1ccc2c(c1)CCCNC2. The smallest absolute Gasteiger partial charge is 0.274 e. The number of hydrogen-bond acceptors (Lipinski definition) is 3. The number of fused-ring (bicyclic) bond motifs is 1. The third kappa shape index (κ3) is 2.16. The minimum atomic E-state index is -0.449. The number of rotatable bonds is 1. The van der Waals surface area contributed by atoms with Gasteiger partial charge in [-0.25, -0.2) is 5.48 Å². The molecule has 0 saturated carbocycles. The Balaban J connectivity index is 2.31. The molecule has 4 nitrogen and oxygen atoms in total. The summed E-state index contributed by atoms with van der Waals surface area (Å²) in [6.07, 6.45) is 2.06. The first kappa shape index (κ1) is 10.1. The molecule has 0 radical (unpaired) electrons. The van der Waals surface area contributed by atoms with Gasteiger partial charge in [-0.2, -0.15) is 0 Å². The van der Waals surface area contributed by atoms with E-state index in [1.807, 2.05) is 12.1 Å². The summed E-state index contributed by atoms with van der Waals surface area (Å²) in [5, 5.41) is 11.9. The Hall–Kier alpha value is -1.39. The van der Waals surface area contributed by atoms with Crippen LogP contribution in [0.3, 0.4) is 0 Å². The lowest BCUT2D eigenvalue weighted by molar-refractivity contribution is 0.0706. The molecule has 0 fully saturated rings. The van der Waals surface area contributed by atoms with Gasteiger partial charge in [-0.3, -0.25) is 10.0 Å². The zero-order valence-electron chi connectivity index (χ0n) is 8.42. The van der Waals surface area contributed by atoms with E-state index >= 15 is 0 Å². The molecule has 1 aromatic carbocycles. The Labute approximate surface area is 88.3 Å². The predicted molar refractivity (Wildman–Crippen MR) is 55.7 cm³/mol. The van der Waals surface area contributed by atoms with Crippen LogP contribution in [-0.4, -0.2) is 17.7 Å². The van der Waals surface area contributed by atoms with Crippen LogP contribution in [0, 0.1) is 0 Å². The molecule has 0 bridgehead atoms. The number of nitrogens with one attached hydrogen (secondary N) is 2. The largest absolute Gasteiger partial charge is 0.313 e. The van der Waals surface area contributed by atoms with E-state index in [9.17, 15) is 4.79 Å². The molecular formula is C11H14N2O2. The summed E-state index contributed by atoms with van der Waals surface area (Å²) in [7, 11) is 0. The van der Waals surface area contributed by atoms with E-state index in [1.54, 1.807) is 11.5 Å². The molecule has 0 aliphatic carbocycles. The second-order valence-corrected chi connectivity index (χ2v) is 3.70. The fourth-order valence-corrected chi connectivity index (χ4v) is 1.86. The zero-order chi connectivity index (χ0) is 10.7. The maximum atomic E-state index is 11.2. The Morgan fingerprint density at radius 1 is 1.40 bits per heavy atom. The van der Waals surface area contributed by atoms with Gasteiger partial charge in [0.05, 0.1) is 0 Å². The zero-order valence-corrected chi connectivity index (χ0v) is 8.42. The summed E-state index contributed by atoms with van der Waals surface area (Å²) < 4.78 is 0. The van der Waals surface area contributed by atoms with E-state index in [1.165, 1.54) is 11.1 Å². The van der Waals surface area contributed by atoms with Gasteiger partial charge in [0.25, 0.3) is 5.91 Å². The van der Waals surface area contributed by atoms with Gasteiger partial charge >= 0.3 is 0 Å². The van der Waals surface area contributed by atoms with Gasteiger partial charge in [-0.15, -0.1) is 0 Å². The molecule has 1 aliphatic heterocycles. The van der Waals surface area contributed by atoms with Crippen LogP contribution in [0.4, 0.5) is 0 Å². The molecule has 1 aliphatic rings. The van der Waals surface area contributed by atoms with Gasteiger partial charge in [0, 0.05) is 12.1 Å². The number of aryl methyl sites for hydroxylation is 1. The summed E-state index contributed by atoms with van der Waals surface area (Å²) in [4.78, 5) is 11.2. The number of hydrogen-bond donors (Lipinski definition) is 3. The molecule has 1 heterocycles. The average Bonchev–Trinajstić information content (AvgIpc) is 2.51. The van der Waals surface area contributed by atoms with Crippen molar-refractivity contribution in [3.63, 3.8) is 0 Å². The lowest BCUT2D eigenvalue weighted by atomic mass is 10.0. The van der Waals surface area contributed by atoms with Crippen molar-refractivity contribution in [3.8, 4) is 0 Å². The molecule has 0 spiro atoms. The predicted octanol–water partition coefficient (Wildman–Crippen LogP) is 0.841. The van der Waals surface area contributed by atoms with Gasteiger partial charge < -0.3 is 5.32 Å². The molecule has 0 atom stereocenters. The first-order valence-corrected chi connectivity index (χ1v) is 5.08. The average molecular weight is 206 g/mol. The molecule has 1 aromatic rings. The van der Waals surface area contributed by atoms with Crippen molar-refractivity contribution >= 4 is 5.91 Å². The van der Waals surface area contributed by atoms with E-state index in [0.29, 0.717) is 5.56 Å². The molecule has 2 rings (SSSR count). The highest BCUT2D eigenvalue weighted by Gasteiger charge is 2.10. The van der Waals surface area contributed by atoms with E-state index in [-0.39, 0.29) is 0 Å². The highest BCUT2D eigenvalue weighted by molar-refractivity contribution is 5.93. The Kier molecular flexibility index (Phi) is 2.99. The normalized spacial score (nSPS) is 15.3. The molecule has 3 N–H and O–H groups in total. The first-order valence-electron chi connectivity index (χ1n) is 5.08. The number of amides is 1. The van der Waals surface area contributed by atoms with E-state index < -0.39 is 5.91 Å². The number of carbonyl (C=O) groups excluding carboxylic acids is 1. The maximum absolute atomic E-state index is 11.2. The molecule has 0 aromatic heterocycles. The van der Waals surface area contributed by atoms with Crippen molar-refractivity contribution in [3.05, 3.63) is 34.9 Å². The van der Waals surface area contributed by atoms with E-state index in [2.05, 4.69) is 5.32 Å². The van der Waals surface area contributed by atoms with Crippen molar-refractivity contribution in [2.24, 2.45) is 0 Å². The summed E-state index contributed by atoms with van der Waals surface area (Å²) in [6.45, 7) is 1.87. The maximum Gasteiger partial charge on any atom is 0.274 e. The summed E-state index contributed by atoms with van der Waals surface area (Å²) >= 11 is 0. The van der Waals surface area contributed by atoms with Gasteiger partial charge in [-0.1, -0.05) is 6.07 Å². The molecule has 0 saturated heterocycles. The van der Waals surface area contributed by atoms with Crippen molar-refractivity contribution < 1.29 is 10.0 Å². The first-order chi connectivity index (χ1) is 7.31. The Bertz CT molecular complexity index is 377. The fraction of sp³-hybridized carbons (Fsp3) is 0.364. The molecular weight excluding hydrogens is 192 g/mol. The number of hydroxylamine groups is 1. The van der Waals surface area contributed by atoms with Crippen LogP contribution in [0.15, 0.2) is 18.2 Å². The molecule has 4 heteroatoms. The second kappa shape index (κ2) is 4.42. The second-order valence-electron chi connectivity index (χ2n) is 3.70. The van der Waals surface area contributed by atoms with E-state index in [0.717, 1.165) is 25.9 Å². The van der Waals surface area contributed by atoms with Crippen molar-refractivity contribution in [1.29, 1.82) is 0 Å². The van der Waals surface area contributed by atoms with Crippen LogP contribution in [0.1, 0.15) is 27.9 Å². The minimum Gasteiger partial charge on any atom is -0.313 e. The van der Waals surface area contributed by atoms with Crippen molar-refractivity contribution in [2.75, 3.05) is 6.54 Å². The third-order valence-electron chi connectivity index (χ3n) is 2.69. The number of carbonyl (C=O) groups is 1. The summed E-state index contributed by atoms with van der Waals surface area (Å²) in [6, 6.07) is 5.53. The minimum absolute atomic E-state index is 0.449. The van der Waals surface area contributed by atoms with E-state index in [4.69, 9.17) is 5.21 Å². The van der Waals surface area contributed by atoms with Crippen molar-refractivity contribution in [1.82, 2.24) is 10.8 Å². The quantitative estimate of drug-likeness (QED) is 0.471. The van der Waals surface area contributed by atoms with Crippen LogP contribution >= 0.6 is 0 Å². The van der Waals surface area contributed by atoms with Crippen LogP contribution < -0.4 is 10.8 Å². The monoisotopic (exact) mass is 206 g/mol. The lowest BCUT2D eigenvalue weighted by Crippen LogP contribution is -2.19. The Morgan fingerprint density at radius 2 is 2.27 bits per heavy atom. The topological polar surface area (TPSA) is 61.4 Å². The van der Waals surface area contributed by atoms with Gasteiger partial charge in [0.15, 0.2) is 0 Å². The number of benzene rings is 1. The van der Waals surface area contributed by atoms with Crippen LogP contribution in [0.25, 0.3) is 0 Å². The highest BCUT2D eigenvalue weighted by atomic mass is 16.5. The molecule has 80 valence electrons.